The van der Waals surface area contributed by atoms with Gasteiger partial charge in [-0.25, -0.2) is 5.43 Å². The summed E-state index contributed by atoms with van der Waals surface area (Å²) in [5, 5.41) is 24.9. The Balaban J connectivity index is 1.40. The van der Waals surface area contributed by atoms with Gasteiger partial charge in [0.05, 0.1) is 29.5 Å². The molecule has 3 heterocycles. The maximum Gasteiger partial charge on any atom is 0.271 e. The molecule has 0 spiro atoms. The van der Waals surface area contributed by atoms with E-state index in [1.54, 1.807) is 42.7 Å². The van der Waals surface area contributed by atoms with Gasteiger partial charge in [-0.3, -0.25) is 9.78 Å². The van der Waals surface area contributed by atoms with Gasteiger partial charge in [-0.05, 0) is 71.3 Å². The SMILES string of the molecule is N#Cc1ccc2[nH]cc(C(c3ccc(C(=O)N/N=C/c4cccnc4)cc3)c3c[nH]c4ccc(C#N)cc34)c2c1. The summed E-state index contributed by atoms with van der Waals surface area (Å²) in [5.74, 6) is -0.578. The number of nitriles is 2. The fourth-order valence-corrected chi connectivity index (χ4v) is 4.94. The lowest BCUT2D eigenvalue weighted by Gasteiger charge is -2.18. The molecular formula is C32H21N7O. The maximum absolute atomic E-state index is 12.8. The van der Waals surface area contributed by atoms with Crippen LogP contribution in [0, 0.1) is 22.7 Å². The first-order chi connectivity index (χ1) is 19.6. The Kier molecular flexibility index (Phi) is 6.34. The Hall–Kier alpha value is -5.99. The van der Waals surface area contributed by atoms with Gasteiger partial charge in [0.1, 0.15) is 0 Å². The number of amides is 1. The van der Waals surface area contributed by atoms with Crippen molar-refractivity contribution in [1.82, 2.24) is 20.4 Å². The van der Waals surface area contributed by atoms with Gasteiger partial charge in [0.15, 0.2) is 0 Å². The summed E-state index contributed by atoms with van der Waals surface area (Å²) in [4.78, 5) is 23.4. The minimum absolute atomic E-state index is 0.244. The molecule has 40 heavy (non-hydrogen) atoms. The highest BCUT2D eigenvalue weighted by Gasteiger charge is 2.24. The van der Waals surface area contributed by atoms with Gasteiger partial charge in [-0.15, -0.1) is 0 Å². The standard InChI is InChI=1S/C32H21N7O/c33-14-20-3-9-29-25(12-20)27(18-36-29)31(28-19-37-30-10-4-21(15-34)13-26(28)30)23-5-7-24(8-6-23)32(40)39-38-17-22-2-1-11-35-16-22/h1-13,16-19,31,36-37H,(H,39,40)/b38-17+. The third-order valence-electron chi connectivity index (χ3n) is 6.88. The number of carbonyl (C=O) groups is 1. The highest BCUT2D eigenvalue weighted by atomic mass is 16.2. The molecule has 0 saturated heterocycles. The van der Waals surface area contributed by atoms with Crippen LogP contribution in [0.15, 0.2) is 103 Å². The van der Waals surface area contributed by atoms with Crippen LogP contribution >= 0.6 is 0 Å². The maximum atomic E-state index is 12.8. The van der Waals surface area contributed by atoms with Gasteiger partial charge in [0.2, 0.25) is 0 Å². The Bertz CT molecular complexity index is 1880. The monoisotopic (exact) mass is 519 g/mol. The van der Waals surface area contributed by atoms with Crippen LogP contribution in [0.5, 0.6) is 0 Å². The zero-order valence-electron chi connectivity index (χ0n) is 21.1. The molecule has 0 saturated carbocycles. The lowest BCUT2D eigenvalue weighted by atomic mass is 9.84. The van der Waals surface area contributed by atoms with Crippen molar-refractivity contribution in [1.29, 1.82) is 10.5 Å². The first-order valence-corrected chi connectivity index (χ1v) is 12.5. The van der Waals surface area contributed by atoms with Gasteiger partial charge < -0.3 is 9.97 Å². The van der Waals surface area contributed by atoms with Crippen molar-refractivity contribution in [2.75, 3.05) is 0 Å². The van der Waals surface area contributed by atoms with Crippen molar-refractivity contribution >= 4 is 33.9 Å². The predicted molar refractivity (Wildman–Crippen MR) is 153 cm³/mol. The third-order valence-corrected chi connectivity index (χ3v) is 6.88. The lowest BCUT2D eigenvalue weighted by Crippen LogP contribution is -2.17. The topological polar surface area (TPSA) is 134 Å². The molecule has 8 heteroatoms. The number of hydrazone groups is 1. The molecule has 3 N–H and O–H groups in total. The Labute approximate surface area is 229 Å². The first-order valence-electron chi connectivity index (χ1n) is 12.5. The minimum Gasteiger partial charge on any atom is -0.361 e. The van der Waals surface area contributed by atoms with Gasteiger partial charge in [-0.1, -0.05) is 18.2 Å². The van der Waals surface area contributed by atoms with Crippen molar-refractivity contribution in [3.8, 4) is 12.1 Å². The molecule has 0 aliphatic heterocycles. The van der Waals surface area contributed by atoms with E-state index in [9.17, 15) is 15.3 Å². The summed E-state index contributed by atoms with van der Waals surface area (Å²) in [5.41, 5.74) is 9.66. The number of aromatic amines is 2. The molecule has 190 valence electrons. The molecule has 0 aliphatic carbocycles. The smallest absolute Gasteiger partial charge is 0.271 e. The molecule has 3 aromatic heterocycles. The molecule has 0 atom stereocenters. The number of aromatic nitrogens is 3. The van der Waals surface area contributed by atoms with E-state index in [-0.39, 0.29) is 11.8 Å². The molecular weight excluding hydrogens is 498 g/mol. The molecule has 1 amide bonds. The number of hydrogen-bond acceptors (Lipinski definition) is 5. The number of benzene rings is 3. The number of nitrogens with one attached hydrogen (secondary N) is 3. The normalized spacial score (nSPS) is 11.2. The highest BCUT2D eigenvalue weighted by Crippen LogP contribution is 2.40. The third kappa shape index (κ3) is 4.58. The van der Waals surface area contributed by atoms with E-state index in [1.165, 1.54) is 6.21 Å². The second-order valence-corrected chi connectivity index (χ2v) is 9.27. The number of rotatable bonds is 6. The molecule has 6 rings (SSSR count). The van der Waals surface area contributed by atoms with Crippen LogP contribution < -0.4 is 5.43 Å². The minimum atomic E-state index is -0.334. The lowest BCUT2D eigenvalue weighted by molar-refractivity contribution is 0.0955. The molecule has 3 aromatic carbocycles. The second-order valence-electron chi connectivity index (χ2n) is 9.27. The molecule has 0 aliphatic rings. The zero-order valence-corrected chi connectivity index (χ0v) is 21.1. The Morgan fingerprint density at radius 1 is 0.875 bits per heavy atom. The number of hydrogen-bond donors (Lipinski definition) is 3. The molecule has 0 fully saturated rings. The summed E-state index contributed by atoms with van der Waals surface area (Å²) in [6, 6.07) is 26.6. The largest absolute Gasteiger partial charge is 0.361 e. The van der Waals surface area contributed by atoms with Crippen molar-refractivity contribution in [3.63, 3.8) is 0 Å². The Morgan fingerprint density at radius 2 is 1.50 bits per heavy atom. The van der Waals surface area contributed by atoms with Gasteiger partial charge in [-0.2, -0.15) is 15.6 Å². The first kappa shape index (κ1) is 24.4. The number of pyridine rings is 1. The fourth-order valence-electron chi connectivity index (χ4n) is 4.94. The summed E-state index contributed by atoms with van der Waals surface area (Å²) in [7, 11) is 0. The summed E-state index contributed by atoms with van der Waals surface area (Å²) < 4.78 is 0. The van der Waals surface area contributed by atoms with Crippen LogP contribution in [0.25, 0.3) is 21.8 Å². The molecule has 6 aromatic rings. The van der Waals surface area contributed by atoms with E-state index >= 15 is 0 Å². The van der Waals surface area contributed by atoms with Crippen LogP contribution in [0.4, 0.5) is 0 Å². The van der Waals surface area contributed by atoms with Crippen molar-refractivity contribution < 1.29 is 4.79 Å². The summed E-state index contributed by atoms with van der Waals surface area (Å²) in [6.45, 7) is 0. The average Bonchev–Trinajstić information content (AvgIpc) is 3.62. The van der Waals surface area contributed by atoms with E-state index in [2.05, 4.69) is 37.6 Å². The predicted octanol–water partition coefficient (Wildman–Crippen LogP) is 5.73. The second kappa shape index (κ2) is 10.4. The van der Waals surface area contributed by atoms with E-state index in [0.29, 0.717) is 16.7 Å². The highest BCUT2D eigenvalue weighted by molar-refractivity contribution is 5.95. The molecule has 0 unspecified atom stereocenters. The van der Waals surface area contributed by atoms with Crippen LogP contribution in [0.1, 0.15) is 49.7 Å². The van der Waals surface area contributed by atoms with E-state index in [0.717, 1.165) is 44.1 Å². The van der Waals surface area contributed by atoms with Crippen LogP contribution in [-0.4, -0.2) is 27.1 Å². The van der Waals surface area contributed by atoms with E-state index in [1.807, 2.05) is 54.9 Å². The average molecular weight is 520 g/mol. The van der Waals surface area contributed by atoms with Crippen LogP contribution in [0.3, 0.4) is 0 Å². The van der Waals surface area contributed by atoms with Gasteiger partial charge in [0.25, 0.3) is 5.91 Å². The number of carbonyl (C=O) groups excluding carboxylic acids is 1. The van der Waals surface area contributed by atoms with Crippen molar-refractivity contribution in [2.24, 2.45) is 5.10 Å². The number of nitrogens with zero attached hydrogens (tertiary/aromatic N) is 4. The number of H-pyrrole nitrogens is 2. The summed E-state index contributed by atoms with van der Waals surface area (Å²) >= 11 is 0. The van der Waals surface area contributed by atoms with Crippen LogP contribution in [-0.2, 0) is 0 Å². The fraction of sp³-hybridized carbons (Fsp3) is 0.0312. The van der Waals surface area contributed by atoms with Gasteiger partial charge in [0, 0.05) is 63.6 Å². The quantitative estimate of drug-likeness (QED) is 0.191. The van der Waals surface area contributed by atoms with Crippen LogP contribution in [0.2, 0.25) is 0 Å². The Morgan fingerprint density at radius 3 is 2.05 bits per heavy atom. The summed E-state index contributed by atoms with van der Waals surface area (Å²) in [6.07, 6.45) is 8.77. The van der Waals surface area contributed by atoms with E-state index < -0.39 is 0 Å². The molecule has 8 nitrogen and oxygen atoms in total. The van der Waals surface area contributed by atoms with Gasteiger partial charge >= 0.3 is 0 Å². The van der Waals surface area contributed by atoms with E-state index in [4.69, 9.17) is 0 Å². The zero-order chi connectivity index (χ0) is 27.5. The molecule has 0 radical (unpaired) electrons. The number of fused-ring (bicyclic) bond motifs is 2. The molecule has 0 bridgehead atoms. The van der Waals surface area contributed by atoms with Crippen molar-refractivity contribution in [3.05, 3.63) is 137 Å². The van der Waals surface area contributed by atoms with Crippen molar-refractivity contribution in [2.45, 2.75) is 5.92 Å².